The number of hydrogen-bond donors (Lipinski definition) is 8. The summed E-state index contributed by atoms with van der Waals surface area (Å²) in [5.74, 6) is -0.0419. The van der Waals surface area contributed by atoms with E-state index in [0.29, 0.717) is 12.0 Å². The Kier molecular flexibility index (Phi) is 8.64. The van der Waals surface area contributed by atoms with Gasteiger partial charge >= 0.3 is 0 Å². The Bertz CT molecular complexity index is 787. The molecule has 0 saturated carbocycles. The van der Waals surface area contributed by atoms with Crippen LogP contribution in [-0.2, 0) is 15.9 Å². The molecule has 2 aliphatic rings. The van der Waals surface area contributed by atoms with E-state index in [0.717, 1.165) is 0 Å². The molecule has 1 aromatic carbocycles. The van der Waals surface area contributed by atoms with E-state index >= 15 is 0 Å². The number of allylic oxidation sites excluding steroid dienone is 1. The molecule has 8 N–H and O–H groups in total. The number of benzene rings is 1. The minimum atomic E-state index is -1.68. The second-order valence-corrected chi connectivity index (χ2v) is 7.90. The normalized spacial score (nSPS) is 39.2. The van der Waals surface area contributed by atoms with Crippen molar-refractivity contribution in [3.8, 4) is 11.5 Å². The molecule has 12 heteroatoms. The van der Waals surface area contributed by atoms with Crippen molar-refractivity contribution in [3.63, 3.8) is 0 Å². The van der Waals surface area contributed by atoms with Gasteiger partial charge in [0.05, 0.1) is 13.2 Å². The van der Waals surface area contributed by atoms with Crippen LogP contribution in [0.15, 0.2) is 30.9 Å². The van der Waals surface area contributed by atoms with Crippen LogP contribution < -0.4 is 9.47 Å². The van der Waals surface area contributed by atoms with Crippen molar-refractivity contribution in [1.82, 2.24) is 0 Å². The van der Waals surface area contributed by atoms with Gasteiger partial charge in [-0.2, -0.15) is 0 Å². The van der Waals surface area contributed by atoms with Crippen LogP contribution in [0.25, 0.3) is 0 Å². The summed E-state index contributed by atoms with van der Waals surface area (Å²) in [7, 11) is 0. The fourth-order valence-corrected chi connectivity index (χ4v) is 3.62. The molecule has 2 aliphatic heterocycles. The van der Waals surface area contributed by atoms with Gasteiger partial charge in [0.2, 0.25) is 12.6 Å². The van der Waals surface area contributed by atoms with Crippen molar-refractivity contribution in [2.45, 2.75) is 67.8 Å². The van der Waals surface area contributed by atoms with E-state index in [1.54, 1.807) is 12.1 Å². The van der Waals surface area contributed by atoms with Gasteiger partial charge in [-0.3, -0.25) is 0 Å². The van der Waals surface area contributed by atoms with Crippen LogP contribution in [0.3, 0.4) is 0 Å². The van der Waals surface area contributed by atoms with Crippen molar-refractivity contribution < 1.29 is 59.8 Å². The topological polar surface area (TPSA) is 199 Å². The third kappa shape index (κ3) is 5.46. The first kappa shape index (κ1) is 25.8. The first-order chi connectivity index (χ1) is 15.7. The highest BCUT2D eigenvalue weighted by molar-refractivity contribution is 5.44. The first-order valence-electron chi connectivity index (χ1n) is 10.4. The highest BCUT2D eigenvalue weighted by Gasteiger charge is 2.46. The molecule has 3 rings (SSSR count). The minimum Gasteiger partial charge on any atom is -0.458 e. The molecule has 0 aromatic heterocycles. The predicted molar refractivity (Wildman–Crippen MR) is 109 cm³/mol. The van der Waals surface area contributed by atoms with Crippen LogP contribution in [0.4, 0.5) is 0 Å². The van der Waals surface area contributed by atoms with E-state index in [1.165, 1.54) is 12.1 Å². The Morgan fingerprint density at radius 1 is 0.727 bits per heavy atom. The highest BCUT2D eigenvalue weighted by Crippen LogP contribution is 2.35. The Morgan fingerprint density at radius 2 is 1.21 bits per heavy atom. The van der Waals surface area contributed by atoms with Gasteiger partial charge in [-0.1, -0.05) is 12.1 Å². The summed E-state index contributed by atoms with van der Waals surface area (Å²) in [4.78, 5) is 0. The van der Waals surface area contributed by atoms with Gasteiger partial charge in [-0.05, 0) is 24.1 Å². The van der Waals surface area contributed by atoms with Gasteiger partial charge in [0, 0.05) is 0 Å². The van der Waals surface area contributed by atoms with E-state index in [4.69, 9.17) is 18.9 Å². The van der Waals surface area contributed by atoms with Crippen LogP contribution in [0.1, 0.15) is 5.56 Å². The maximum Gasteiger partial charge on any atom is 0.229 e. The Morgan fingerprint density at radius 3 is 1.67 bits per heavy atom. The zero-order chi connectivity index (χ0) is 24.3. The lowest BCUT2D eigenvalue weighted by Crippen LogP contribution is -2.60. The van der Waals surface area contributed by atoms with Gasteiger partial charge in [0.1, 0.15) is 48.8 Å². The quantitative estimate of drug-likeness (QED) is 0.176. The van der Waals surface area contributed by atoms with Crippen molar-refractivity contribution in [1.29, 1.82) is 0 Å². The van der Waals surface area contributed by atoms with Gasteiger partial charge < -0.3 is 59.8 Å². The summed E-state index contributed by atoms with van der Waals surface area (Å²) < 4.78 is 22.1. The Hall–Kier alpha value is -1.84. The number of aliphatic hydroxyl groups is 8. The van der Waals surface area contributed by atoms with Crippen LogP contribution in [0.2, 0.25) is 0 Å². The van der Waals surface area contributed by atoms with Crippen LogP contribution in [0, 0.1) is 0 Å². The number of aliphatic hydroxyl groups excluding tert-OH is 8. The summed E-state index contributed by atoms with van der Waals surface area (Å²) in [5.41, 5.74) is 0.714. The van der Waals surface area contributed by atoms with Crippen LogP contribution >= 0.6 is 0 Å². The molecule has 0 amide bonds. The molecule has 0 unspecified atom stereocenters. The summed E-state index contributed by atoms with van der Waals surface area (Å²) in [6, 6.07) is 4.63. The summed E-state index contributed by atoms with van der Waals surface area (Å²) in [6.45, 7) is 2.37. The van der Waals surface area contributed by atoms with E-state index in [1.807, 2.05) is 0 Å². The molecule has 2 heterocycles. The molecule has 0 aliphatic carbocycles. The van der Waals surface area contributed by atoms with E-state index < -0.39 is 74.6 Å². The van der Waals surface area contributed by atoms with Crippen molar-refractivity contribution in [3.05, 3.63) is 36.4 Å². The monoisotopic (exact) mass is 474 g/mol. The molecule has 0 spiro atoms. The van der Waals surface area contributed by atoms with Crippen molar-refractivity contribution in [2.24, 2.45) is 0 Å². The fourth-order valence-electron chi connectivity index (χ4n) is 3.62. The number of ether oxygens (including phenoxy) is 4. The molecule has 10 atom stereocenters. The molecule has 2 fully saturated rings. The van der Waals surface area contributed by atoms with E-state index in [-0.39, 0.29) is 11.5 Å². The van der Waals surface area contributed by atoms with Gasteiger partial charge in [0.15, 0.2) is 11.5 Å². The van der Waals surface area contributed by atoms with E-state index in [2.05, 4.69) is 6.58 Å². The molecule has 0 bridgehead atoms. The fraction of sp³-hybridized carbons (Fsp3) is 0.619. The molecular weight excluding hydrogens is 444 g/mol. The molecular formula is C21H30O12. The largest absolute Gasteiger partial charge is 0.458 e. The molecule has 0 radical (unpaired) electrons. The number of hydrogen-bond acceptors (Lipinski definition) is 12. The average molecular weight is 474 g/mol. The van der Waals surface area contributed by atoms with Crippen molar-refractivity contribution in [2.75, 3.05) is 13.2 Å². The lowest BCUT2D eigenvalue weighted by atomic mass is 9.99. The molecule has 12 nitrogen and oxygen atoms in total. The molecule has 2 saturated heterocycles. The van der Waals surface area contributed by atoms with Gasteiger partial charge in [0.25, 0.3) is 0 Å². The standard InChI is InChI=1S/C21H30O12/c1-2-3-9-4-5-10(30-20-18(28)16(26)14(24)12(7-22)32-20)11(6-9)31-21-19(29)17(27)15(25)13(8-23)33-21/h2,4-6,12-29H,1,3,7-8H2/t12-,13-,14-,15-,16+,17+,18-,19-,20-,21-/m1/s1. The van der Waals surface area contributed by atoms with Crippen LogP contribution in [0.5, 0.6) is 11.5 Å². The summed E-state index contributed by atoms with van der Waals surface area (Å²) in [6.07, 6.45) is -13.1. The maximum atomic E-state index is 10.3. The lowest BCUT2D eigenvalue weighted by molar-refractivity contribution is -0.282. The highest BCUT2D eigenvalue weighted by atomic mass is 16.7. The average Bonchev–Trinajstić information content (AvgIpc) is 2.81. The third-order valence-electron chi connectivity index (χ3n) is 5.57. The predicted octanol–water partition coefficient (Wildman–Crippen LogP) is -3.23. The Balaban J connectivity index is 1.86. The van der Waals surface area contributed by atoms with Crippen LogP contribution in [-0.4, -0.2) is 115 Å². The third-order valence-corrected chi connectivity index (χ3v) is 5.57. The Labute approximate surface area is 189 Å². The lowest BCUT2D eigenvalue weighted by Gasteiger charge is -2.41. The molecule has 33 heavy (non-hydrogen) atoms. The van der Waals surface area contributed by atoms with Gasteiger partial charge in [-0.25, -0.2) is 0 Å². The van der Waals surface area contributed by atoms with Gasteiger partial charge in [-0.15, -0.1) is 6.58 Å². The summed E-state index contributed by atoms with van der Waals surface area (Å²) in [5, 5.41) is 79.2. The number of rotatable bonds is 8. The second kappa shape index (κ2) is 11.1. The van der Waals surface area contributed by atoms with E-state index in [9.17, 15) is 40.9 Å². The zero-order valence-electron chi connectivity index (χ0n) is 17.6. The van der Waals surface area contributed by atoms with Crippen molar-refractivity contribution >= 4 is 0 Å². The SMILES string of the molecule is C=CCc1ccc(O[C@@H]2O[C@H](CO)[C@@H](O)[C@H](O)[C@H]2O)c(O[C@@H]2O[C@H](CO)[C@@H](O)[C@H](O)[C@H]2O)c1. The smallest absolute Gasteiger partial charge is 0.229 e. The molecule has 186 valence electrons. The summed E-state index contributed by atoms with van der Waals surface area (Å²) >= 11 is 0. The minimum absolute atomic E-state index is 0.0179. The second-order valence-electron chi connectivity index (χ2n) is 7.90. The zero-order valence-corrected chi connectivity index (χ0v) is 17.6. The maximum absolute atomic E-state index is 10.3. The molecule has 1 aromatic rings. The first-order valence-corrected chi connectivity index (χ1v) is 10.4.